The molecule has 0 aromatic carbocycles. The first-order valence-corrected chi connectivity index (χ1v) is 20.2. The van der Waals surface area contributed by atoms with Gasteiger partial charge in [-0.1, -0.05) is 142 Å². The summed E-state index contributed by atoms with van der Waals surface area (Å²) in [6.45, 7) is 5.34. The second kappa shape index (κ2) is 29.0. The van der Waals surface area contributed by atoms with Crippen molar-refractivity contribution in [2.45, 2.75) is 180 Å². The highest BCUT2D eigenvalue weighted by Gasteiger charge is 2.27. The van der Waals surface area contributed by atoms with Crippen molar-refractivity contribution in [3.63, 3.8) is 0 Å². The van der Waals surface area contributed by atoms with Crippen LogP contribution in [0.5, 0.6) is 0 Å². The fourth-order valence-electron chi connectivity index (χ4n) is 5.81. The molecule has 0 saturated heterocycles. The first kappa shape index (κ1) is 43.8. The fourth-order valence-corrected chi connectivity index (χ4v) is 6.31. The number of rotatable bonds is 33. The number of quaternary nitrogens is 1. The minimum absolute atomic E-state index is 0.000833. The summed E-state index contributed by atoms with van der Waals surface area (Å²) in [4.78, 5) is 25.2. The third kappa shape index (κ3) is 32.5. The molecule has 0 radical (unpaired) electrons. The molecule has 1 unspecified atom stereocenters. The smallest absolute Gasteiger partial charge is 0.306 e. The van der Waals surface area contributed by atoms with Gasteiger partial charge in [0, 0.05) is 19.3 Å². The molecule has 0 aliphatic carbocycles. The topological polar surface area (TPSA) is 107 Å². The Morgan fingerprint density at radius 3 is 1.38 bits per heavy atom. The molecule has 0 aromatic heterocycles. The summed E-state index contributed by atoms with van der Waals surface area (Å²) in [6.07, 6.45) is 27.0. The van der Waals surface area contributed by atoms with Gasteiger partial charge in [0.15, 0.2) is 6.10 Å². The van der Waals surface area contributed by atoms with E-state index in [2.05, 4.69) is 13.8 Å². The number of unbranched alkanes of at least 4 members (excludes halogenated alkanes) is 20. The van der Waals surface area contributed by atoms with Crippen LogP contribution in [0.4, 0.5) is 0 Å². The number of hydrogen-bond donors (Lipinski definition) is 1. The number of esters is 2. The van der Waals surface area contributed by atoms with E-state index < -0.39 is 16.2 Å². The van der Waals surface area contributed by atoms with Crippen LogP contribution in [0.15, 0.2) is 0 Å². The predicted octanol–water partition coefficient (Wildman–Crippen LogP) is 9.20. The Labute approximate surface area is 278 Å². The van der Waals surface area contributed by atoms with Crippen LogP contribution in [0.2, 0.25) is 0 Å². The van der Waals surface area contributed by atoms with Gasteiger partial charge in [-0.15, -0.1) is 0 Å². The number of hydrogen-bond acceptors (Lipinski definition) is 6. The molecule has 0 aliphatic rings. The summed E-state index contributed by atoms with van der Waals surface area (Å²) in [5, 5.41) is 0. The van der Waals surface area contributed by atoms with Gasteiger partial charge in [0.25, 0.3) is 10.1 Å². The van der Waals surface area contributed by atoms with Crippen LogP contribution in [-0.2, 0) is 29.2 Å². The maximum atomic E-state index is 12.7. The normalized spacial score (nSPS) is 12.7. The quantitative estimate of drug-likeness (QED) is 0.0323. The van der Waals surface area contributed by atoms with Gasteiger partial charge in [-0.3, -0.25) is 14.1 Å². The van der Waals surface area contributed by atoms with Crippen LogP contribution >= 0.6 is 0 Å². The molecule has 0 aromatic rings. The summed E-state index contributed by atoms with van der Waals surface area (Å²) in [7, 11) is -0.192. The molecule has 268 valence electrons. The van der Waals surface area contributed by atoms with Gasteiger partial charge in [-0.2, -0.15) is 8.42 Å². The molecule has 45 heavy (non-hydrogen) atoms. The van der Waals surface area contributed by atoms with Crippen molar-refractivity contribution in [3.05, 3.63) is 0 Å². The molecule has 0 heterocycles. The number of carbonyl (C=O) groups is 2. The van der Waals surface area contributed by atoms with Gasteiger partial charge in [0.05, 0.1) is 26.4 Å². The van der Waals surface area contributed by atoms with E-state index in [1.165, 1.54) is 103 Å². The highest BCUT2D eigenvalue weighted by molar-refractivity contribution is 7.85. The molecular weight excluding hydrogens is 590 g/mol. The van der Waals surface area contributed by atoms with Gasteiger partial charge >= 0.3 is 11.9 Å². The number of carbonyl (C=O) groups excluding carboxylic acids is 2. The van der Waals surface area contributed by atoms with Gasteiger partial charge in [0.2, 0.25) is 0 Å². The van der Waals surface area contributed by atoms with Gasteiger partial charge in [-0.05, 0) is 12.8 Å². The van der Waals surface area contributed by atoms with Crippen LogP contribution in [-0.4, -0.2) is 75.0 Å². The van der Waals surface area contributed by atoms with Crippen LogP contribution in [0.1, 0.15) is 174 Å². The monoisotopic (exact) mass is 663 g/mol. The summed E-state index contributed by atoms with van der Waals surface area (Å²) in [5.41, 5.74) is 0. The zero-order valence-corrected chi connectivity index (χ0v) is 30.7. The van der Waals surface area contributed by atoms with E-state index in [1.54, 1.807) is 0 Å². The molecule has 0 fully saturated rings. The van der Waals surface area contributed by atoms with Crippen molar-refractivity contribution in [2.24, 2.45) is 0 Å². The largest absolute Gasteiger partial charge is 0.461 e. The standard InChI is InChI=1S/C36H71NO7S/c1-5-7-9-11-13-15-17-19-21-23-25-28-35(38)43-33-34(32-37(3,4)30-27-31-45(40,41)42)44-36(39)29-26-24-22-20-18-16-14-12-10-8-6-2/h34H,5-33H2,1-4H3/p+1. The predicted molar refractivity (Wildman–Crippen MR) is 186 cm³/mol. The summed E-state index contributed by atoms with van der Waals surface area (Å²) in [5.74, 6) is -0.865. The first-order chi connectivity index (χ1) is 21.5. The molecule has 0 rings (SSSR count). The first-order valence-electron chi connectivity index (χ1n) is 18.6. The van der Waals surface area contributed by atoms with E-state index >= 15 is 0 Å². The third-order valence-corrected chi connectivity index (χ3v) is 9.37. The SMILES string of the molecule is CCCCCCCCCCCCCC(=O)OCC(C[N+](C)(C)CCCS(=O)(=O)O)OC(=O)CCCCCCCCCCCCC. The van der Waals surface area contributed by atoms with E-state index in [9.17, 15) is 18.0 Å². The van der Waals surface area contributed by atoms with Crippen molar-refractivity contribution in [1.29, 1.82) is 0 Å². The Kier molecular flexibility index (Phi) is 28.2. The van der Waals surface area contributed by atoms with E-state index in [-0.39, 0.29) is 30.7 Å². The molecule has 0 amide bonds. The maximum absolute atomic E-state index is 12.7. The van der Waals surface area contributed by atoms with E-state index in [4.69, 9.17) is 14.0 Å². The highest BCUT2D eigenvalue weighted by Crippen LogP contribution is 2.15. The van der Waals surface area contributed by atoms with Crippen molar-refractivity contribution in [3.8, 4) is 0 Å². The van der Waals surface area contributed by atoms with Crippen LogP contribution < -0.4 is 0 Å². The zero-order chi connectivity index (χ0) is 33.7. The van der Waals surface area contributed by atoms with Crippen LogP contribution in [0, 0.1) is 0 Å². The minimum Gasteiger partial charge on any atom is -0.461 e. The Morgan fingerprint density at radius 2 is 0.978 bits per heavy atom. The average Bonchev–Trinajstić information content (AvgIpc) is 2.96. The summed E-state index contributed by atoms with van der Waals surface area (Å²) in [6, 6.07) is 0. The molecule has 0 bridgehead atoms. The average molecular weight is 663 g/mol. The molecule has 0 spiro atoms. The fraction of sp³-hybridized carbons (Fsp3) is 0.944. The lowest BCUT2D eigenvalue weighted by Gasteiger charge is -2.33. The van der Waals surface area contributed by atoms with Gasteiger partial charge in [0.1, 0.15) is 13.2 Å². The van der Waals surface area contributed by atoms with Crippen molar-refractivity contribution in [2.75, 3.05) is 39.5 Å². The van der Waals surface area contributed by atoms with Crippen LogP contribution in [0.3, 0.4) is 0 Å². The highest BCUT2D eigenvalue weighted by atomic mass is 32.2. The molecule has 0 aliphatic heterocycles. The second-order valence-corrected chi connectivity index (χ2v) is 15.4. The van der Waals surface area contributed by atoms with Crippen molar-refractivity contribution in [1.82, 2.24) is 0 Å². The Hall–Kier alpha value is -1.19. The molecule has 9 heteroatoms. The van der Waals surface area contributed by atoms with Gasteiger partial charge in [-0.25, -0.2) is 0 Å². The van der Waals surface area contributed by atoms with E-state index in [1.807, 2.05) is 14.1 Å². The second-order valence-electron chi connectivity index (χ2n) is 13.8. The lowest BCUT2D eigenvalue weighted by atomic mass is 10.1. The van der Waals surface area contributed by atoms with Crippen LogP contribution in [0.25, 0.3) is 0 Å². The Morgan fingerprint density at radius 1 is 0.600 bits per heavy atom. The number of ether oxygens (including phenoxy) is 2. The number of nitrogens with zero attached hydrogens (tertiary/aromatic N) is 1. The summed E-state index contributed by atoms with van der Waals surface area (Å²) < 4.78 is 43.1. The Bertz CT molecular complexity index is 816. The van der Waals surface area contributed by atoms with E-state index in [0.717, 1.165) is 38.5 Å². The molecule has 1 atom stereocenters. The van der Waals surface area contributed by atoms with Gasteiger partial charge < -0.3 is 14.0 Å². The van der Waals surface area contributed by atoms with E-state index in [0.29, 0.717) is 30.4 Å². The Balaban J connectivity index is 4.44. The molecule has 0 saturated carbocycles. The van der Waals surface area contributed by atoms with Crippen molar-refractivity contribution >= 4 is 22.1 Å². The number of likely N-dealkylation sites (N-methyl/N-ethyl adjacent to an activating group) is 1. The molecule has 8 nitrogen and oxygen atoms in total. The lowest BCUT2D eigenvalue weighted by molar-refractivity contribution is -0.893. The molecule has 1 N–H and O–H groups in total. The third-order valence-electron chi connectivity index (χ3n) is 8.56. The van der Waals surface area contributed by atoms with Crippen molar-refractivity contribution < 1.29 is 36.5 Å². The zero-order valence-electron chi connectivity index (χ0n) is 29.8. The molecular formula is C36H72NO7S+. The lowest BCUT2D eigenvalue weighted by Crippen LogP contribution is -2.49. The minimum atomic E-state index is -4.03. The summed E-state index contributed by atoms with van der Waals surface area (Å²) >= 11 is 0. The maximum Gasteiger partial charge on any atom is 0.306 e.